The standard InChI is InChI=1S/C19H26N2O5/c1-3-24-19(23)21-6-4-5-20(7-8-21)18(22)13-15-12-17-16(11-14(15)2)25-9-10-26-17/h11-12H,3-10,13H2,1-2H3. The van der Waals surface area contributed by atoms with Crippen LogP contribution in [0.2, 0.25) is 0 Å². The molecule has 7 nitrogen and oxygen atoms in total. The first-order valence-electron chi connectivity index (χ1n) is 9.17. The van der Waals surface area contributed by atoms with Crippen LogP contribution in [-0.2, 0) is 16.0 Å². The molecule has 1 saturated heterocycles. The third-order valence-electron chi connectivity index (χ3n) is 4.72. The smallest absolute Gasteiger partial charge is 0.409 e. The lowest BCUT2D eigenvalue weighted by Crippen LogP contribution is -2.38. The van der Waals surface area contributed by atoms with Crippen molar-refractivity contribution in [2.75, 3.05) is 46.0 Å². The highest BCUT2D eigenvalue weighted by Gasteiger charge is 2.24. The van der Waals surface area contributed by atoms with Crippen LogP contribution < -0.4 is 9.47 Å². The Balaban J connectivity index is 1.62. The molecule has 2 aliphatic rings. The van der Waals surface area contributed by atoms with Gasteiger partial charge in [-0.2, -0.15) is 0 Å². The topological polar surface area (TPSA) is 68.3 Å². The summed E-state index contributed by atoms with van der Waals surface area (Å²) in [5, 5.41) is 0. The van der Waals surface area contributed by atoms with Crippen LogP contribution in [-0.4, -0.2) is 67.8 Å². The van der Waals surface area contributed by atoms with E-state index in [1.54, 1.807) is 11.8 Å². The van der Waals surface area contributed by atoms with E-state index < -0.39 is 0 Å². The lowest BCUT2D eigenvalue weighted by atomic mass is 10.0. The minimum absolute atomic E-state index is 0.0653. The number of fused-ring (bicyclic) bond motifs is 1. The van der Waals surface area contributed by atoms with Crippen LogP contribution in [0.3, 0.4) is 0 Å². The molecule has 0 N–H and O–H groups in total. The first-order chi connectivity index (χ1) is 12.6. The Hall–Kier alpha value is -2.44. The molecule has 1 fully saturated rings. The van der Waals surface area contributed by atoms with E-state index in [9.17, 15) is 9.59 Å². The Morgan fingerprint density at radius 2 is 1.69 bits per heavy atom. The lowest BCUT2D eigenvalue weighted by molar-refractivity contribution is -0.130. The van der Waals surface area contributed by atoms with E-state index in [-0.39, 0.29) is 12.0 Å². The van der Waals surface area contributed by atoms with E-state index in [1.807, 2.05) is 24.0 Å². The van der Waals surface area contributed by atoms with Crippen molar-refractivity contribution < 1.29 is 23.8 Å². The van der Waals surface area contributed by atoms with Gasteiger partial charge in [-0.05, 0) is 43.5 Å². The maximum absolute atomic E-state index is 12.8. The summed E-state index contributed by atoms with van der Waals surface area (Å²) in [6.45, 7) is 7.51. The van der Waals surface area contributed by atoms with Crippen LogP contribution in [0.1, 0.15) is 24.5 Å². The molecule has 26 heavy (non-hydrogen) atoms. The zero-order valence-corrected chi connectivity index (χ0v) is 15.5. The predicted molar refractivity (Wildman–Crippen MR) is 95.7 cm³/mol. The number of aryl methyl sites for hydroxylation is 1. The van der Waals surface area contributed by atoms with Crippen molar-refractivity contribution in [3.8, 4) is 11.5 Å². The number of benzene rings is 1. The van der Waals surface area contributed by atoms with Gasteiger partial charge in [0.1, 0.15) is 13.2 Å². The molecule has 0 bridgehead atoms. The number of ether oxygens (including phenoxy) is 3. The molecule has 0 atom stereocenters. The molecular weight excluding hydrogens is 336 g/mol. The Labute approximate surface area is 153 Å². The highest BCUT2D eigenvalue weighted by atomic mass is 16.6. The molecule has 0 spiro atoms. The normalized spacial score (nSPS) is 16.8. The minimum Gasteiger partial charge on any atom is -0.486 e. The SMILES string of the molecule is CCOC(=O)N1CCCN(C(=O)Cc2cc3c(cc2C)OCCO3)CC1. The van der Waals surface area contributed by atoms with Crippen molar-refractivity contribution >= 4 is 12.0 Å². The van der Waals surface area contributed by atoms with Crippen molar-refractivity contribution in [3.63, 3.8) is 0 Å². The van der Waals surface area contributed by atoms with Crippen LogP contribution in [0.25, 0.3) is 0 Å². The van der Waals surface area contributed by atoms with Gasteiger partial charge in [0, 0.05) is 26.2 Å². The average Bonchev–Trinajstić information content (AvgIpc) is 2.89. The first kappa shape index (κ1) is 18.4. The van der Waals surface area contributed by atoms with Gasteiger partial charge in [-0.25, -0.2) is 4.79 Å². The Kier molecular flexibility index (Phi) is 5.85. The molecule has 0 aliphatic carbocycles. The molecular formula is C19H26N2O5. The summed E-state index contributed by atoms with van der Waals surface area (Å²) < 4.78 is 16.3. The molecule has 2 aliphatic heterocycles. The van der Waals surface area contributed by atoms with E-state index in [4.69, 9.17) is 14.2 Å². The van der Waals surface area contributed by atoms with E-state index in [0.29, 0.717) is 58.2 Å². The number of carbonyl (C=O) groups is 2. The summed E-state index contributed by atoms with van der Waals surface area (Å²) in [5.74, 6) is 1.51. The van der Waals surface area contributed by atoms with Gasteiger partial charge >= 0.3 is 6.09 Å². The van der Waals surface area contributed by atoms with Gasteiger partial charge < -0.3 is 24.0 Å². The van der Waals surface area contributed by atoms with Crippen LogP contribution in [0.15, 0.2) is 12.1 Å². The number of amides is 2. The third kappa shape index (κ3) is 4.20. The Morgan fingerprint density at radius 1 is 1.04 bits per heavy atom. The van der Waals surface area contributed by atoms with Crippen LogP contribution in [0.5, 0.6) is 11.5 Å². The summed E-state index contributed by atoms with van der Waals surface area (Å²) in [5.41, 5.74) is 1.97. The molecule has 2 amide bonds. The molecule has 7 heteroatoms. The zero-order chi connectivity index (χ0) is 18.5. The fraction of sp³-hybridized carbons (Fsp3) is 0.579. The van der Waals surface area contributed by atoms with Gasteiger partial charge in [-0.3, -0.25) is 4.79 Å². The highest BCUT2D eigenvalue weighted by molar-refractivity contribution is 5.79. The van der Waals surface area contributed by atoms with Crippen LogP contribution >= 0.6 is 0 Å². The molecule has 0 aromatic heterocycles. The van der Waals surface area contributed by atoms with Crippen LogP contribution in [0.4, 0.5) is 4.79 Å². The monoisotopic (exact) mass is 362 g/mol. The fourth-order valence-corrected chi connectivity index (χ4v) is 3.26. The van der Waals surface area contributed by atoms with Crippen molar-refractivity contribution in [1.29, 1.82) is 0 Å². The van der Waals surface area contributed by atoms with Crippen LogP contribution in [0, 0.1) is 6.92 Å². The summed E-state index contributed by atoms with van der Waals surface area (Å²) in [6, 6.07) is 3.84. The summed E-state index contributed by atoms with van der Waals surface area (Å²) in [6.07, 6.45) is 0.775. The maximum Gasteiger partial charge on any atom is 0.409 e. The highest BCUT2D eigenvalue weighted by Crippen LogP contribution is 2.33. The van der Waals surface area contributed by atoms with Gasteiger partial charge in [0.25, 0.3) is 0 Å². The first-order valence-corrected chi connectivity index (χ1v) is 9.17. The Morgan fingerprint density at radius 3 is 2.42 bits per heavy atom. The molecule has 0 saturated carbocycles. The maximum atomic E-state index is 12.8. The minimum atomic E-state index is -0.301. The third-order valence-corrected chi connectivity index (χ3v) is 4.72. The molecule has 1 aromatic rings. The summed E-state index contributed by atoms with van der Waals surface area (Å²) in [7, 11) is 0. The van der Waals surface area contributed by atoms with Gasteiger partial charge in [0.05, 0.1) is 13.0 Å². The quantitative estimate of drug-likeness (QED) is 0.823. The number of hydrogen-bond donors (Lipinski definition) is 0. The number of nitrogens with zero attached hydrogens (tertiary/aromatic N) is 2. The average molecular weight is 362 g/mol. The number of rotatable bonds is 3. The van der Waals surface area contributed by atoms with Crippen molar-refractivity contribution in [2.24, 2.45) is 0 Å². The molecule has 142 valence electrons. The molecule has 3 rings (SSSR count). The van der Waals surface area contributed by atoms with Gasteiger partial charge in [0.15, 0.2) is 11.5 Å². The van der Waals surface area contributed by atoms with Crippen molar-refractivity contribution in [1.82, 2.24) is 9.80 Å². The predicted octanol–water partition coefficient (Wildman–Crippen LogP) is 2.00. The van der Waals surface area contributed by atoms with Gasteiger partial charge in [-0.1, -0.05) is 0 Å². The van der Waals surface area contributed by atoms with Gasteiger partial charge in [-0.15, -0.1) is 0 Å². The Bertz CT molecular complexity index is 676. The summed E-state index contributed by atoms with van der Waals surface area (Å²) in [4.78, 5) is 28.1. The van der Waals surface area contributed by atoms with E-state index >= 15 is 0 Å². The van der Waals surface area contributed by atoms with Crippen molar-refractivity contribution in [3.05, 3.63) is 23.3 Å². The molecule has 2 heterocycles. The number of hydrogen-bond acceptors (Lipinski definition) is 5. The second kappa shape index (κ2) is 8.29. The second-order valence-electron chi connectivity index (χ2n) is 6.52. The van der Waals surface area contributed by atoms with E-state index in [0.717, 1.165) is 23.3 Å². The van der Waals surface area contributed by atoms with Gasteiger partial charge in [0.2, 0.25) is 5.91 Å². The second-order valence-corrected chi connectivity index (χ2v) is 6.52. The lowest BCUT2D eigenvalue weighted by Gasteiger charge is -2.23. The summed E-state index contributed by atoms with van der Waals surface area (Å²) >= 11 is 0. The molecule has 0 unspecified atom stereocenters. The molecule has 1 aromatic carbocycles. The largest absolute Gasteiger partial charge is 0.486 e. The van der Waals surface area contributed by atoms with Crippen molar-refractivity contribution in [2.45, 2.75) is 26.7 Å². The number of carbonyl (C=O) groups excluding carboxylic acids is 2. The van der Waals surface area contributed by atoms with E-state index in [2.05, 4.69) is 0 Å². The zero-order valence-electron chi connectivity index (χ0n) is 15.5. The van der Waals surface area contributed by atoms with E-state index in [1.165, 1.54) is 0 Å². The molecule has 0 radical (unpaired) electrons. The fourth-order valence-electron chi connectivity index (χ4n) is 3.26.